The largest absolute Gasteiger partial charge is 0.597 e. The molecule has 1 rings (SSSR count). The number of rotatable bonds is 8. The lowest BCUT2D eigenvalue weighted by atomic mass is 10.3. The molecule has 1 N–H and O–H groups in total. The summed E-state index contributed by atoms with van der Waals surface area (Å²) in [7, 11) is 0. The zero-order valence-electron chi connectivity index (χ0n) is 9.74. The van der Waals surface area contributed by atoms with Crippen molar-refractivity contribution in [3.05, 3.63) is 35.5 Å². The summed E-state index contributed by atoms with van der Waals surface area (Å²) in [6, 6.07) is 9.05. The Morgan fingerprint density at radius 2 is 2.11 bits per heavy atom. The number of benzene rings is 1. The topological polar surface area (TPSA) is 77.1 Å². The maximum atomic E-state index is 11.1. The van der Waals surface area contributed by atoms with Crippen molar-refractivity contribution in [2.75, 3.05) is 25.1 Å². The molecule has 0 aromatic heterocycles. The minimum atomic E-state index is -0.931. The normalized spacial score (nSPS) is 13.1. The molecule has 0 bridgehead atoms. The number of nitrogens with zero attached hydrogens (tertiary/aromatic N) is 2. The lowest BCUT2D eigenvalue weighted by Gasteiger charge is -2.10. The van der Waals surface area contributed by atoms with Crippen LogP contribution in [0.5, 0.6) is 5.75 Å². The van der Waals surface area contributed by atoms with Crippen LogP contribution in [0.3, 0.4) is 0 Å². The number of hydrogen-bond acceptors (Lipinski definition) is 5. The maximum Gasteiger partial charge on any atom is 0.213 e. The monoisotopic (exact) mass is 318 g/mol. The molecule has 100 valence electrons. The zero-order valence-corrected chi connectivity index (χ0v) is 11.3. The Kier molecular flexibility index (Phi) is 7.12. The molecule has 1 atom stereocenters. The van der Waals surface area contributed by atoms with E-state index in [0.717, 1.165) is 0 Å². The predicted octanol–water partition coefficient (Wildman–Crippen LogP) is 1.72. The Morgan fingerprint density at radius 1 is 1.39 bits per heavy atom. The van der Waals surface area contributed by atoms with Gasteiger partial charge in [0, 0.05) is 5.33 Å². The van der Waals surface area contributed by atoms with Crippen molar-refractivity contribution >= 4 is 15.9 Å². The van der Waals surface area contributed by atoms with Crippen molar-refractivity contribution in [3.63, 3.8) is 0 Å². The van der Waals surface area contributed by atoms with Gasteiger partial charge < -0.3 is 19.9 Å². The molecule has 0 amide bonds. The first kappa shape index (κ1) is 14.7. The summed E-state index contributed by atoms with van der Waals surface area (Å²) >= 11 is 3.13. The third-order valence-electron chi connectivity index (χ3n) is 1.87. The molecule has 6 nitrogen and oxygen atoms in total. The van der Waals surface area contributed by atoms with E-state index >= 15 is 0 Å². The highest BCUT2D eigenvalue weighted by molar-refractivity contribution is 9.09. The molecule has 1 aromatic carbocycles. The van der Waals surface area contributed by atoms with Crippen LogP contribution in [0, 0.1) is 5.21 Å². The summed E-state index contributed by atoms with van der Waals surface area (Å²) in [6.07, 6.45) is -0.931. The van der Waals surface area contributed by atoms with Crippen LogP contribution < -0.4 is 4.74 Å². The number of para-hydroxylation sites is 1. The van der Waals surface area contributed by atoms with E-state index in [2.05, 4.69) is 26.0 Å². The SMILES string of the molecule is [O-][N+](CC(O)COc1ccccc1)=NOCCBr. The smallest absolute Gasteiger partial charge is 0.213 e. The summed E-state index contributed by atoms with van der Waals surface area (Å²) < 4.78 is 5.29. The van der Waals surface area contributed by atoms with Gasteiger partial charge in [0.25, 0.3) is 0 Å². The molecule has 0 aliphatic rings. The van der Waals surface area contributed by atoms with Crippen LogP contribution in [0.4, 0.5) is 0 Å². The zero-order chi connectivity index (χ0) is 13.2. The molecule has 0 saturated carbocycles. The highest BCUT2D eigenvalue weighted by Gasteiger charge is 2.11. The first-order valence-electron chi connectivity index (χ1n) is 5.42. The molecule has 0 spiro atoms. The minimum absolute atomic E-state index is 0.0245. The third kappa shape index (κ3) is 6.41. The fourth-order valence-electron chi connectivity index (χ4n) is 1.12. The van der Waals surface area contributed by atoms with Crippen LogP contribution >= 0.6 is 15.9 Å². The van der Waals surface area contributed by atoms with Gasteiger partial charge in [0.15, 0.2) is 11.4 Å². The Balaban J connectivity index is 2.24. The van der Waals surface area contributed by atoms with Crippen molar-refractivity contribution < 1.29 is 19.5 Å². The van der Waals surface area contributed by atoms with E-state index in [1.54, 1.807) is 12.1 Å². The lowest BCUT2D eigenvalue weighted by Crippen LogP contribution is -2.26. The molecule has 0 saturated heterocycles. The van der Waals surface area contributed by atoms with Crippen molar-refractivity contribution in [3.8, 4) is 5.75 Å². The quantitative estimate of drug-likeness (QED) is 0.260. The first-order chi connectivity index (χ1) is 8.72. The van der Waals surface area contributed by atoms with E-state index in [0.29, 0.717) is 22.5 Å². The summed E-state index contributed by atoms with van der Waals surface area (Å²) in [4.78, 5) is 4.94. The van der Waals surface area contributed by atoms with Crippen LogP contribution in [-0.4, -0.2) is 41.2 Å². The second kappa shape index (κ2) is 8.71. The summed E-state index contributed by atoms with van der Waals surface area (Å²) in [6.45, 7) is 0.126. The number of halogens is 1. The number of ether oxygens (including phenoxy) is 1. The molecule has 0 heterocycles. The molecular formula is C11H15BrN2O4. The molecular weight excluding hydrogens is 304 g/mol. The van der Waals surface area contributed by atoms with Crippen molar-refractivity contribution in [2.45, 2.75) is 6.10 Å². The Hall–Kier alpha value is -1.34. The molecule has 0 fully saturated rings. The maximum absolute atomic E-state index is 11.1. The van der Waals surface area contributed by atoms with E-state index < -0.39 is 6.10 Å². The average molecular weight is 319 g/mol. The van der Waals surface area contributed by atoms with Gasteiger partial charge in [-0.1, -0.05) is 39.0 Å². The molecule has 18 heavy (non-hydrogen) atoms. The number of hydroxylamine groups is 1. The summed E-state index contributed by atoms with van der Waals surface area (Å²) in [5, 5.41) is 24.5. The van der Waals surface area contributed by atoms with Crippen molar-refractivity contribution in [1.82, 2.24) is 0 Å². The number of aliphatic hydroxyl groups is 1. The Morgan fingerprint density at radius 3 is 2.78 bits per heavy atom. The predicted molar refractivity (Wildman–Crippen MR) is 68.6 cm³/mol. The minimum Gasteiger partial charge on any atom is -0.597 e. The Bertz CT molecular complexity index is 361. The molecule has 0 aliphatic heterocycles. The van der Waals surface area contributed by atoms with Gasteiger partial charge in [0.2, 0.25) is 6.54 Å². The standard InChI is InChI=1S/C11H15BrN2O4/c12-6-7-18-13-14(16)8-10(15)9-17-11-4-2-1-3-5-11/h1-5,10,15H,6-9H2. The highest BCUT2D eigenvalue weighted by Crippen LogP contribution is 2.08. The summed E-state index contributed by atoms with van der Waals surface area (Å²) in [5.41, 5.74) is 0. The number of alkyl halides is 1. The van der Waals surface area contributed by atoms with Crippen LogP contribution in [-0.2, 0) is 4.84 Å². The van der Waals surface area contributed by atoms with E-state index in [-0.39, 0.29) is 13.2 Å². The van der Waals surface area contributed by atoms with Crippen molar-refractivity contribution in [2.24, 2.45) is 5.28 Å². The molecule has 0 aliphatic carbocycles. The number of aliphatic hydroxyl groups excluding tert-OH is 1. The van der Waals surface area contributed by atoms with Crippen LogP contribution in [0.15, 0.2) is 35.6 Å². The van der Waals surface area contributed by atoms with Gasteiger partial charge in [0.05, 0.1) is 0 Å². The van der Waals surface area contributed by atoms with Gasteiger partial charge in [-0.2, -0.15) is 0 Å². The van der Waals surface area contributed by atoms with E-state index in [9.17, 15) is 10.3 Å². The van der Waals surface area contributed by atoms with Crippen LogP contribution in [0.1, 0.15) is 0 Å². The van der Waals surface area contributed by atoms with Crippen LogP contribution in [0.2, 0.25) is 0 Å². The molecule has 1 aromatic rings. The molecule has 1 unspecified atom stereocenters. The van der Waals surface area contributed by atoms with Gasteiger partial charge in [-0.05, 0) is 12.1 Å². The van der Waals surface area contributed by atoms with Gasteiger partial charge in [-0.25, -0.2) is 0 Å². The fourth-order valence-corrected chi connectivity index (χ4v) is 1.26. The van der Waals surface area contributed by atoms with Gasteiger partial charge in [0.1, 0.15) is 19.0 Å². The van der Waals surface area contributed by atoms with Gasteiger partial charge >= 0.3 is 0 Å². The van der Waals surface area contributed by atoms with Gasteiger partial charge in [-0.15, -0.1) is 0 Å². The van der Waals surface area contributed by atoms with Gasteiger partial charge in [-0.3, -0.25) is 0 Å². The highest BCUT2D eigenvalue weighted by atomic mass is 79.9. The average Bonchev–Trinajstić information content (AvgIpc) is 2.38. The summed E-state index contributed by atoms with van der Waals surface area (Å²) in [5.74, 6) is 0.640. The lowest BCUT2D eigenvalue weighted by molar-refractivity contribution is -0.566. The van der Waals surface area contributed by atoms with Crippen LogP contribution in [0.25, 0.3) is 0 Å². The molecule has 0 radical (unpaired) electrons. The number of hydrogen-bond donors (Lipinski definition) is 1. The molecule has 7 heteroatoms. The van der Waals surface area contributed by atoms with E-state index in [1.165, 1.54) is 0 Å². The fraction of sp³-hybridized carbons (Fsp3) is 0.455. The van der Waals surface area contributed by atoms with Crippen molar-refractivity contribution in [1.29, 1.82) is 0 Å². The van der Waals surface area contributed by atoms with E-state index in [1.807, 2.05) is 18.2 Å². The Labute approximate surface area is 114 Å². The second-order valence-electron chi connectivity index (χ2n) is 3.42. The second-order valence-corrected chi connectivity index (χ2v) is 4.21. The van der Waals surface area contributed by atoms with E-state index in [4.69, 9.17) is 4.74 Å². The first-order valence-corrected chi connectivity index (χ1v) is 6.54. The third-order valence-corrected chi connectivity index (χ3v) is 2.19.